The number of primary amides is 1. The third-order valence-electron chi connectivity index (χ3n) is 2.68. The molecule has 1 amide bonds. The molecule has 2 aromatic rings. The Morgan fingerprint density at radius 1 is 1.59 bits per heavy atom. The summed E-state index contributed by atoms with van der Waals surface area (Å²) in [5.41, 5.74) is 6.91. The number of fused-ring (bicyclic) bond motifs is 1. The Bertz CT molecular complexity index is 613. The molecule has 0 saturated carbocycles. The Kier molecular flexibility index (Phi) is 2.97. The van der Waals surface area contributed by atoms with Crippen LogP contribution < -0.4 is 5.73 Å². The minimum atomic E-state index is -0.480. The summed E-state index contributed by atoms with van der Waals surface area (Å²) in [7, 11) is 0. The summed E-state index contributed by atoms with van der Waals surface area (Å²) in [5, 5.41) is 0. The van der Waals surface area contributed by atoms with Crippen LogP contribution in [0.3, 0.4) is 0 Å². The zero-order valence-corrected chi connectivity index (χ0v) is 10.5. The lowest BCUT2D eigenvalue weighted by Crippen LogP contribution is -2.30. The third-order valence-corrected chi connectivity index (χ3v) is 2.98. The van der Waals surface area contributed by atoms with Gasteiger partial charge in [0, 0.05) is 6.20 Å². The number of carbonyl (C=O) groups excluding carboxylic acids is 1. The quantitative estimate of drug-likeness (QED) is 0.815. The number of nitrogens with zero attached hydrogens (tertiary/aromatic N) is 2. The highest BCUT2D eigenvalue weighted by Crippen LogP contribution is 2.22. The van der Waals surface area contributed by atoms with E-state index >= 15 is 0 Å². The Morgan fingerprint density at radius 2 is 2.29 bits per heavy atom. The van der Waals surface area contributed by atoms with Crippen LogP contribution in [0.2, 0.25) is 0 Å². The highest BCUT2D eigenvalue weighted by atomic mass is 32.1. The molecule has 2 aromatic heterocycles. The molecule has 0 radical (unpaired) electrons. The molecule has 0 saturated heterocycles. The predicted octanol–water partition coefficient (Wildman–Crippen LogP) is 1.78. The van der Waals surface area contributed by atoms with Gasteiger partial charge >= 0.3 is 0 Å². The number of pyridine rings is 1. The number of imidazole rings is 1. The molecule has 1 unspecified atom stereocenters. The Morgan fingerprint density at radius 3 is 2.88 bits per heavy atom. The molecule has 0 aliphatic heterocycles. The van der Waals surface area contributed by atoms with Gasteiger partial charge in [-0.2, -0.15) is 0 Å². The molecule has 6 heteroatoms. The minimum Gasteiger partial charge on any atom is -0.368 e. The van der Waals surface area contributed by atoms with E-state index in [1.54, 1.807) is 10.8 Å². The number of aromatic amines is 1. The highest BCUT2D eigenvalue weighted by molar-refractivity contribution is 7.71. The van der Waals surface area contributed by atoms with Crippen LogP contribution in [-0.4, -0.2) is 20.4 Å². The lowest BCUT2D eigenvalue weighted by molar-refractivity contribution is -0.122. The molecule has 0 spiro atoms. The van der Waals surface area contributed by atoms with Crippen LogP contribution in [0.15, 0.2) is 18.3 Å². The first-order chi connectivity index (χ1) is 8.02. The van der Waals surface area contributed by atoms with Gasteiger partial charge in [-0.05, 0) is 30.3 Å². The zero-order chi connectivity index (χ0) is 12.6. The van der Waals surface area contributed by atoms with Crippen LogP contribution in [0.1, 0.15) is 19.9 Å². The molecule has 2 rings (SSSR count). The van der Waals surface area contributed by atoms with Crippen molar-refractivity contribution in [1.82, 2.24) is 14.5 Å². The maximum atomic E-state index is 11.5. The smallest absolute Gasteiger partial charge is 0.240 e. The predicted molar refractivity (Wildman–Crippen MR) is 68.0 cm³/mol. The summed E-state index contributed by atoms with van der Waals surface area (Å²) < 4.78 is 2.16. The van der Waals surface area contributed by atoms with E-state index in [0.29, 0.717) is 10.4 Å². The van der Waals surface area contributed by atoms with Crippen molar-refractivity contribution in [3.8, 4) is 0 Å². The van der Waals surface area contributed by atoms with Crippen molar-refractivity contribution < 1.29 is 4.79 Å². The Labute approximate surface area is 104 Å². The van der Waals surface area contributed by atoms with Gasteiger partial charge in [-0.15, -0.1) is 0 Å². The number of carbonyl (C=O) groups is 1. The van der Waals surface area contributed by atoms with E-state index in [9.17, 15) is 4.79 Å². The van der Waals surface area contributed by atoms with E-state index in [1.807, 2.05) is 26.0 Å². The summed E-state index contributed by atoms with van der Waals surface area (Å²) >= 11 is 5.23. The van der Waals surface area contributed by atoms with Crippen LogP contribution in [0.5, 0.6) is 0 Å². The van der Waals surface area contributed by atoms with E-state index in [4.69, 9.17) is 18.0 Å². The number of aromatic nitrogens is 3. The van der Waals surface area contributed by atoms with Gasteiger partial charge in [0.25, 0.3) is 0 Å². The van der Waals surface area contributed by atoms with E-state index in [0.717, 1.165) is 5.52 Å². The molecule has 0 fully saturated rings. The standard InChI is InChI=1S/C11H14N4OS/c1-6(2)8(9(12)16)15-10-7(14-11(15)17)4-3-5-13-10/h3-6,8H,1-2H3,(H2,12,16)(H,14,17). The molecule has 90 valence electrons. The molecule has 5 nitrogen and oxygen atoms in total. The molecular formula is C11H14N4OS. The van der Waals surface area contributed by atoms with Crippen LogP contribution in [-0.2, 0) is 4.79 Å². The number of hydrogen-bond donors (Lipinski definition) is 2. The van der Waals surface area contributed by atoms with Crippen molar-refractivity contribution in [3.63, 3.8) is 0 Å². The van der Waals surface area contributed by atoms with Gasteiger partial charge in [0.1, 0.15) is 6.04 Å². The number of hydrogen-bond acceptors (Lipinski definition) is 3. The summed E-state index contributed by atoms with van der Waals surface area (Å²) in [6, 6.07) is 3.20. The van der Waals surface area contributed by atoms with E-state index < -0.39 is 11.9 Å². The normalized spacial score (nSPS) is 13.1. The topological polar surface area (TPSA) is 76.7 Å². The summed E-state index contributed by atoms with van der Waals surface area (Å²) in [4.78, 5) is 18.8. The average Bonchev–Trinajstić information content (AvgIpc) is 2.55. The fourth-order valence-electron chi connectivity index (χ4n) is 1.97. The summed E-state index contributed by atoms with van der Waals surface area (Å²) in [5.74, 6) is -0.345. The maximum absolute atomic E-state index is 11.5. The monoisotopic (exact) mass is 250 g/mol. The van der Waals surface area contributed by atoms with Crippen molar-refractivity contribution in [2.45, 2.75) is 19.9 Å². The van der Waals surface area contributed by atoms with E-state index in [1.165, 1.54) is 0 Å². The molecule has 0 aliphatic rings. The molecule has 1 atom stereocenters. The van der Waals surface area contributed by atoms with Gasteiger partial charge in [-0.1, -0.05) is 13.8 Å². The number of nitrogens with two attached hydrogens (primary N) is 1. The molecule has 17 heavy (non-hydrogen) atoms. The third kappa shape index (κ3) is 1.95. The first kappa shape index (κ1) is 11.8. The van der Waals surface area contributed by atoms with Gasteiger partial charge in [-0.25, -0.2) is 4.98 Å². The zero-order valence-electron chi connectivity index (χ0n) is 9.68. The van der Waals surface area contributed by atoms with Crippen LogP contribution >= 0.6 is 12.2 Å². The second kappa shape index (κ2) is 4.29. The van der Waals surface area contributed by atoms with Crippen LogP contribution in [0.25, 0.3) is 11.2 Å². The number of amides is 1. The van der Waals surface area contributed by atoms with Gasteiger partial charge < -0.3 is 10.7 Å². The van der Waals surface area contributed by atoms with Crippen molar-refractivity contribution >= 4 is 29.3 Å². The van der Waals surface area contributed by atoms with Crippen molar-refractivity contribution in [2.24, 2.45) is 11.7 Å². The Balaban J connectivity index is 2.72. The van der Waals surface area contributed by atoms with Crippen LogP contribution in [0, 0.1) is 10.7 Å². The minimum absolute atomic E-state index is 0.0557. The average molecular weight is 250 g/mol. The molecule has 0 aliphatic carbocycles. The lowest BCUT2D eigenvalue weighted by Gasteiger charge is -2.19. The molecule has 2 heterocycles. The van der Waals surface area contributed by atoms with E-state index in [-0.39, 0.29) is 5.92 Å². The second-order valence-electron chi connectivity index (χ2n) is 4.27. The summed E-state index contributed by atoms with van der Waals surface area (Å²) in [6.45, 7) is 3.86. The molecular weight excluding hydrogens is 236 g/mol. The number of nitrogens with one attached hydrogen (secondary N) is 1. The number of H-pyrrole nitrogens is 1. The second-order valence-corrected chi connectivity index (χ2v) is 4.65. The van der Waals surface area contributed by atoms with Gasteiger partial charge in [0.2, 0.25) is 5.91 Å². The first-order valence-electron chi connectivity index (χ1n) is 5.37. The van der Waals surface area contributed by atoms with Crippen molar-refractivity contribution in [1.29, 1.82) is 0 Å². The maximum Gasteiger partial charge on any atom is 0.240 e. The fourth-order valence-corrected chi connectivity index (χ4v) is 2.28. The van der Waals surface area contributed by atoms with E-state index in [2.05, 4.69) is 9.97 Å². The highest BCUT2D eigenvalue weighted by Gasteiger charge is 2.24. The molecule has 3 N–H and O–H groups in total. The van der Waals surface area contributed by atoms with Crippen molar-refractivity contribution in [2.75, 3.05) is 0 Å². The Hall–Kier alpha value is -1.69. The summed E-state index contributed by atoms with van der Waals surface area (Å²) in [6.07, 6.45) is 1.67. The molecule has 0 aromatic carbocycles. The van der Waals surface area contributed by atoms with Gasteiger partial charge in [-0.3, -0.25) is 9.36 Å². The van der Waals surface area contributed by atoms with Gasteiger partial charge in [0.05, 0.1) is 5.52 Å². The van der Waals surface area contributed by atoms with Crippen LogP contribution in [0.4, 0.5) is 0 Å². The SMILES string of the molecule is CC(C)C(C(N)=O)n1c(=S)[nH]c2cccnc21. The largest absolute Gasteiger partial charge is 0.368 e. The number of rotatable bonds is 3. The lowest BCUT2D eigenvalue weighted by atomic mass is 10.0. The molecule has 0 bridgehead atoms. The first-order valence-corrected chi connectivity index (χ1v) is 5.77. The van der Waals surface area contributed by atoms with Gasteiger partial charge in [0.15, 0.2) is 10.4 Å². The fraction of sp³-hybridized carbons (Fsp3) is 0.364. The van der Waals surface area contributed by atoms with Crippen molar-refractivity contribution in [3.05, 3.63) is 23.1 Å².